The van der Waals surface area contributed by atoms with Crippen LogP contribution in [0.2, 0.25) is 0 Å². The lowest BCUT2D eigenvalue weighted by molar-refractivity contribution is 0.566. The fourth-order valence-electron chi connectivity index (χ4n) is 1.40. The fourth-order valence-corrected chi connectivity index (χ4v) is 1.40. The first-order chi connectivity index (χ1) is 6.68. The molecule has 3 heteroatoms. The van der Waals surface area contributed by atoms with Gasteiger partial charge >= 0.3 is 0 Å². The van der Waals surface area contributed by atoms with Crippen molar-refractivity contribution in [2.45, 2.75) is 6.92 Å². The number of nitrogens with two attached hydrogens (primary N) is 2. The van der Waals surface area contributed by atoms with Gasteiger partial charge in [-0.25, -0.2) is 0 Å². The Balaban J connectivity index is 2.53. The Morgan fingerprint density at radius 2 is 1.86 bits per heavy atom. The first kappa shape index (κ1) is 8.69. The smallest absolute Gasteiger partial charge is 0.0983 e. The highest BCUT2D eigenvalue weighted by Crippen LogP contribution is 2.28. The van der Waals surface area contributed by atoms with Crippen LogP contribution in [-0.2, 0) is 0 Å². The van der Waals surface area contributed by atoms with Crippen molar-refractivity contribution < 1.29 is 4.42 Å². The molecule has 0 saturated heterocycles. The van der Waals surface area contributed by atoms with Crippen molar-refractivity contribution in [1.82, 2.24) is 0 Å². The van der Waals surface area contributed by atoms with Gasteiger partial charge in [-0.2, -0.15) is 0 Å². The van der Waals surface area contributed by atoms with E-state index in [9.17, 15) is 0 Å². The summed E-state index contributed by atoms with van der Waals surface area (Å²) in [4.78, 5) is 0. The second kappa shape index (κ2) is 3.10. The van der Waals surface area contributed by atoms with Crippen molar-refractivity contribution in [3.63, 3.8) is 0 Å². The molecule has 2 rings (SSSR count). The molecule has 14 heavy (non-hydrogen) atoms. The van der Waals surface area contributed by atoms with Gasteiger partial charge in [0.05, 0.1) is 23.9 Å². The van der Waals surface area contributed by atoms with Gasteiger partial charge in [0.15, 0.2) is 0 Å². The zero-order valence-corrected chi connectivity index (χ0v) is 7.95. The zero-order chi connectivity index (χ0) is 10.1. The van der Waals surface area contributed by atoms with Crippen molar-refractivity contribution in [2.75, 3.05) is 11.5 Å². The second-order valence-electron chi connectivity index (χ2n) is 3.31. The topological polar surface area (TPSA) is 65.2 Å². The van der Waals surface area contributed by atoms with Crippen LogP contribution in [0, 0.1) is 6.92 Å². The summed E-state index contributed by atoms with van der Waals surface area (Å²) in [7, 11) is 0. The van der Waals surface area contributed by atoms with E-state index in [0.29, 0.717) is 11.4 Å². The molecule has 1 aromatic carbocycles. The third-order valence-corrected chi connectivity index (χ3v) is 2.25. The van der Waals surface area contributed by atoms with Gasteiger partial charge in [-0.15, -0.1) is 0 Å². The molecule has 4 N–H and O–H groups in total. The molecule has 0 saturated carbocycles. The third-order valence-electron chi connectivity index (χ3n) is 2.25. The minimum Gasteiger partial charge on any atom is -0.472 e. The van der Waals surface area contributed by atoms with E-state index in [1.807, 2.05) is 19.1 Å². The second-order valence-corrected chi connectivity index (χ2v) is 3.31. The maximum atomic E-state index is 5.72. The van der Waals surface area contributed by atoms with Gasteiger partial charge in [-0.1, -0.05) is 6.07 Å². The van der Waals surface area contributed by atoms with Gasteiger partial charge in [0.25, 0.3) is 0 Å². The first-order valence-electron chi connectivity index (χ1n) is 4.36. The summed E-state index contributed by atoms with van der Waals surface area (Å²) in [6, 6.07) is 5.59. The molecule has 0 spiro atoms. The minimum atomic E-state index is 0.600. The fraction of sp³-hybridized carbons (Fsp3) is 0.0909. The Kier molecular flexibility index (Phi) is 1.93. The molecular formula is C11H12N2O. The van der Waals surface area contributed by atoms with Crippen LogP contribution >= 0.6 is 0 Å². The number of benzene rings is 1. The average molecular weight is 188 g/mol. The Hall–Kier alpha value is -1.90. The molecule has 0 radical (unpaired) electrons. The van der Waals surface area contributed by atoms with Crippen LogP contribution in [0.15, 0.2) is 35.1 Å². The maximum absolute atomic E-state index is 5.72. The molecule has 0 unspecified atom stereocenters. The summed E-state index contributed by atoms with van der Waals surface area (Å²) in [5.41, 5.74) is 15.7. The van der Waals surface area contributed by atoms with E-state index in [0.717, 1.165) is 16.7 Å². The predicted molar refractivity (Wildman–Crippen MR) is 57.7 cm³/mol. The van der Waals surface area contributed by atoms with Crippen LogP contribution in [0.3, 0.4) is 0 Å². The molecule has 0 aliphatic heterocycles. The van der Waals surface area contributed by atoms with Crippen molar-refractivity contribution >= 4 is 11.4 Å². The van der Waals surface area contributed by atoms with Crippen molar-refractivity contribution in [2.24, 2.45) is 0 Å². The summed E-state index contributed by atoms with van der Waals surface area (Å²) < 4.78 is 5.10. The standard InChI is InChI=1S/C11H12N2O/c1-7-5-14-6-9(7)8-2-3-10(12)11(13)4-8/h2-6H,12-13H2,1H3. The summed E-state index contributed by atoms with van der Waals surface area (Å²) in [6.45, 7) is 1.99. The van der Waals surface area contributed by atoms with Gasteiger partial charge in [-0.3, -0.25) is 0 Å². The summed E-state index contributed by atoms with van der Waals surface area (Å²) in [6.07, 6.45) is 3.42. The molecule has 0 bridgehead atoms. The van der Waals surface area contributed by atoms with Crippen molar-refractivity contribution in [3.05, 3.63) is 36.3 Å². The maximum Gasteiger partial charge on any atom is 0.0983 e. The molecule has 1 aromatic heterocycles. The Labute approximate surface area is 82.3 Å². The predicted octanol–water partition coefficient (Wildman–Crippen LogP) is 2.42. The van der Waals surface area contributed by atoms with Crippen molar-refractivity contribution in [3.8, 4) is 11.1 Å². The lowest BCUT2D eigenvalue weighted by Crippen LogP contribution is -1.94. The molecule has 0 amide bonds. The normalized spacial score (nSPS) is 10.4. The summed E-state index contributed by atoms with van der Waals surface area (Å²) >= 11 is 0. The lowest BCUT2D eigenvalue weighted by Gasteiger charge is -2.03. The van der Waals surface area contributed by atoms with Gasteiger partial charge in [0.2, 0.25) is 0 Å². The molecule has 0 atom stereocenters. The van der Waals surface area contributed by atoms with E-state index in [2.05, 4.69) is 0 Å². The largest absolute Gasteiger partial charge is 0.472 e. The van der Waals surface area contributed by atoms with Crippen LogP contribution in [-0.4, -0.2) is 0 Å². The van der Waals surface area contributed by atoms with Crippen LogP contribution in [0.4, 0.5) is 11.4 Å². The minimum absolute atomic E-state index is 0.600. The van der Waals surface area contributed by atoms with Crippen LogP contribution < -0.4 is 11.5 Å². The number of nitrogen functional groups attached to an aromatic ring is 2. The number of furan rings is 1. The molecule has 1 heterocycles. The molecule has 0 aliphatic rings. The number of aryl methyl sites for hydroxylation is 1. The Bertz CT molecular complexity index is 460. The number of hydrogen-bond donors (Lipinski definition) is 2. The Morgan fingerprint density at radius 1 is 1.07 bits per heavy atom. The van der Waals surface area contributed by atoms with E-state index in [-0.39, 0.29) is 0 Å². The molecule has 72 valence electrons. The van der Waals surface area contributed by atoms with E-state index in [4.69, 9.17) is 15.9 Å². The molecule has 0 aliphatic carbocycles. The SMILES string of the molecule is Cc1cocc1-c1ccc(N)c(N)c1. The number of rotatable bonds is 1. The molecule has 0 fully saturated rings. The van der Waals surface area contributed by atoms with Gasteiger partial charge < -0.3 is 15.9 Å². The highest BCUT2D eigenvalue weighted by atomic mass is 16.3. The summed E-state index contributed by atoms with van der Waals surface area (Å²) in [5.74, 6) is 0. The van der Waals surface area contributed by atoms with Gasteiger partial charge in [0, 0.05) is 5.56 Å². The van der Waals surface area contributed by atoms with Crippen LogP contribution in [0.25, 0.3) is 11.1 Å². The highest BCUT2D eigenvalue weighted by Gasteiger charge is 2.05. The monoisotopic (exact) mass is 188 g/mol. The van der Waals surface area contributed by atoms with E-state index in [1.165, 1.54) is 0 Å². The van der Waals surface area contributed by atoms with Crippen LogP contribution in [0.1, 0.15) is 5.56 Å². The number of hydrogen-bond acceptors (Lipinski definition) is 3. The average Bonchev–Trinajstić information content (AvgIpc) is 2.57. The van der Waals surface area contributed by atoms with Gasteiger partial charge in [0.1, 0.15) is 0 Å². The Morgan fingerprint density at radius 3 is 2.43 bits per heavy atom. The van der Waals surface area contributed by atoms with E-state index >= 15 is 0 Å². The number of anilines is 2. The third kappa shape index (κ3) is 1.33. The first-order valence-corrected chi connectivity index (χ1v) is 4.36. The summed E-state index contributed by atoms with van der Waals surface area (Å²) in [5, 5.41) is 0. The molecule has 3 nitrogen and oxygen atoms in total. The quantitative estimate of drug-likeness (QED) is 0.675. The van der Waals surface area contributed by atoms with E-state index < -0.39 is 0 Å². The molecular weight excluding hydrogens is 176 g/mol. The highest BCUT2D eigenvalue weighted by molar-refractivity contribution is 5.75. The van der Waals surface area contributed by atoms with Crippen LogP contribution in [0.5, 0.6) is 0 Å². The molecule has 2 aromatic rings. The lowest BCUT2D eigenvalue weighted by atomic mass is 10.0. The zero-order valence-electron chi connectivity index (χ0n) is 7.95. The van der Waals surface area contributed by atoms with E-state index in [1.54, 1.807) is 18.6 Å². The van der Waals surface area contributed by atoms with Gasteiger partial charge in [-0.05, 0) is 30.2 Å². The van der Waals surface area contributed by atoms with Crippen molar-refractivity contribution in [1.29, 1.82) is 0 Å².